The molecule has 0 amide bonds. The van der Waals surface area contributed by atoms with E-state index in [-0.39, 0.29) is 30.9 Å². The van der Waals surface area contributed by atoms with E-state index in [1.807, 2.05) is 42.5 Å². The molecule has 0 saturated heterocycles. The predicted molar refractivity (Wildman–Crippen MR) is 188 cm³/mol. The molecule has 0 atom stereocenters. The van der Waals surface area contributed by atoms with Gasteiger partial charge in [-0.15, -0.1) is 53.7 Å². The van der Waals surface area contributed by atoms with Crippen LogP contribution in [0.4, 0.5) is 34.1 Å². The Balaban J connectivity index is 0.000000241. The molecule has 1 aromatic heterocycles. The number of hydrogen-bond donors (Lipinski definition) is 0. The summed E-state index contributed by atoms with van der Waals surface area (Å²) in [6.45, 7) is 16.3. The third kappa shape index (κ3) is 5.24. The van der Waals surface area contributed by atoms with E-state index in [4.69, 9.17) is 0 Å². The number of aryl methyl sites for hydroxylation is 2. The monoisotopic (exact) mass is 782 g/mol. The number of aromatic nitrogens is 1. The van der Waals surface area contributed by atoms with E-state index in [0.717, 1.165) is 16.9 Å². The van der Waals surface area contributed by atoms with Crippen LogP contribution in [0.2, 0.25) is 0 Å². The van der Waals surface area contributed by atoms with Crippen LogP contribution >= 0.6 is 0 Å². The van der Waals surface area contributed by atoms with Crippen LogP contribution < -0.4 is 14.7 Å². The van der Waals surface area contributed by atoms with Crippen LogP contribution in [0.25, 0.3) is 11.3 Å². The van der Waals surface area contributed by atoms with Crippen LogP contribution in [0, 0.1) is 32.6 Å². The zero-order chi connectivity index (χ0) is 31.5. The molecule has 0 N–H and O–H groups in total. The Morgan fingerprint density at radius 2 is 1.41 bits per heavy atom. The molecule has 234 valence electrons. The summed E-state index contributed by atoms with van der Waals surface area (Å²) in [5.74, 6) is 0. The Morgan fingerprint density at radius 3 is 2.11 bits per heavy atom. The van der Waals surface area contributed by atoms with Crippen molar-refractivity contribution in [3.8, 4) is 11.3 Å². The number of hydrogen-bond acceptors (Lipinski definition) is 4. The van der Waals surface area contributed by atoms with Crippen molar-refractivity contribution >= 4 is 34.1 Å². The normalized spacial score (nSPS) is 16.4. The third-order valence-corrected chi connectivity index (χ3v) is 9.86. The zero-order valence-electron chi connectivity index (χ0n) is 27.8. The van der Waals surface area contributed by atoms with E-state index in [9.17, 15) is 0 Å². The van der Waals surface area contributed by atoms with Crippen molar-refractivity contribution in [3.63, 3.8) is 0 Å². The molecule has 1 aliphatic carbocycles. The van der Waals surface area contributed by atoms with E-state index < -0.39 is 0 Å². The molecule has 0 bridgehead atoms. The fraction of sp³-hybridized carbons (Fsp3) is 0.268. The van der Waals surface area contributed by atoms with Gasteiger partial charge in [-0.25, -0.2) is 0 Å². The van der Waals surface area contributed by atoms with Crippen molar-refractivity contribution in [1.29, 1.82) is 0 Å². The first-order valence-corrected chi connectivity index (χ1v) is 15.9. The SMILES string of the molecule is Cc1cccc(C)c1N1[CH-]N2c3[c-]cc4c(c3N(C)c3cccc1c32)C(C)(C)CCC4(C)C.[Ir+3].[c-]1ccccc1-c1ccccn1. The van der Waals surface area contributed by atoms with E-state index in [1.54, 1.807) is 6.20 Å². The van der Waals surface area contributed by atoms with Gasteiger partial charge in [0.05, 0.1) is 11.4 Å². The molecule has 3 aliphatic rings. The van der Waals surface area contributed by atoms with Crippen molar-refractivity contribution in [1.82, 2.24) is 4.98 Å². The molecule has 3 heterocycles. The first-order chi connectivity index (χ1) is 21.6. The van der Waals surface area contributed by atoms with Gasteiger partial charge in [-0.1, -0.05) is 81.6 Å². The summed E-state index contributed by atoms with van der Waals surface area (Å²) < 4.78 is 0. The molecule has 46 heavy (non-hydrogen) atoms. The van der Waals surface area contributed by atoms with Crippen molar-refractivity contribution < 1.29 is 20.1 Å². The van der Waals surface area contributed by atoms with Gasteiger partial charge in [-0.2, -0.15) is 12.1 Å². The molecule has 0 unspecified atom stereocenters. The maximum atomic E-state index is 4.22. The molecule has 4 nitrogen and oxygen atoms in total. The van der Waals surface area contributed by atoms with Gasteiger partial charge in [0, 0.05) is 17.6 Å². The molecule has 5 heteroatoms. The van der Waals surface area contributed by atoms with Gasteiger partial charge in [0.15, 0.2) is 0 Å². The van der Waals surface area contributed by atoms with Gasteiger partial charge < -0.3 is 19.7 Å². The van der Waals surface area contributed by atoms with Crippen molar-refractivity contribution in [2.45, 2.75) is 65.2 Å². The van der Waals surface area contributed by atoms with Gasteiger partial charge in [0.2, 0.25) is 0 Å². The quantitative estimate of drug-likeness (QED) is 0.166. The number of nitrogens with zero attached hydrogens (tertiary/aromatic N) is 4. The summed E-state index contributed by atoms with van der Waals surface area (Å²) in [4.78, 5) is 11.4. The number of benzene rings is 4. The molecule has 8 rings (SSSR count). The molecule has 0 radical (unpaired) electrons. The minimum absolute atomic E-state index is 0. The molecule has 4 aromatic carbocycles. The maximum Gasteiger partial charge on any atom is 3.00 e. The molecule has 5 aromatic rings. The summed E-state index contributed by atoms with van der Waals surface area (Å²) in [6, 6.07) is 36.1. The van der Waals surface area contributed by atoms with Crippen LogP contribution in [0.5, 0.6) is 0 Å². The van der Waals surface area contributed by atoms with E-state index in [1.165, 1.54) is 63.5 Å². The van der Waals surface area contributed by atoms with Crippen LogP contribution in [-0.4, -0.2) is 12.0 Å². The van der Waals surface area contributed by atoms with Gasteiger partial charge >= 0.3 is 20.1 Å². The second-order valence-electron chi connectivity index (χ2n) is 13.8. The Bertz CT molecular complexity index is 1820. The van der Waals surface area contributed by atoms with Gasteiger partial charge in [0.25, 0.3) is 0 Å². The zero-order valence-corrected chi connectivity index (χ0v) is 30.2. The topological polar surface area (TPSA) is 22.6 Å². The Kier molecular flexibility index (Phi) is 8.37. The molecule has 2 aliphatic heterocycles. The van der Waals surface area contributed by atoms with Crippen molar-refractivity contribution in [2.75, 3.05) is 21.7 Å². The number of para-hydroxylation sites is 2. The molecule has 0 saturated carbocycles. The Hall–Kier alpha value is -3.92. The Morgan fingerprint density at radius 1 is 0.717 bits per heavy atom. The largest absolute Gasteiger partial charge is 3.00 e. The fourth-order valence-corrected chi connectivity index (χ4v) is 7.34. The second kappa shape index (κ2) is 12.0. The summed E-state index contributed by atoms with van der Waals surface area (Å²) in [6.07, 6.45) is 4.19. The van der Waals surface area contributed by atoms with Gasteiger partial charge in [-0.05, 0) is 73.4 Å². The van der Waals surface area contributed by atoms with Crippen LogP contribution in [0.3, 0.4) is 0 Å². The Labute approximate surface area is 288 Å². The average molecular weight is 782 g/mol. The molecular formula is C41H41IrN4. The molecule has 0 fully saturated rings. The predicted octanol–water partition coefficient (Wildman–Crippen LogP) is 10.5. The van der Waals surface area contributed by atoms with E-state index >= 15 is 0 Å². The molecule has 0 spiro atoms. The van der Waals surface area contributed by atoms with Crippen molar-refractivity contribution in [2.24, 2.45) is 0 Å². The molecular weight excluding hydrogens is 741 g/mol. The number of fused-ring (bicyclic) bond motifs is 4. The average Bonchev–Trinajstić information content (AvgIpc) is 3.43. The summed E-state index contributed by atoms with van der Waals surface area (Å²) in [7, 11) is 2.24. The van der Waals surface area contributed by atoms with Crippen LogP contribution in [-0.2, 0) is 30.9 Å². The van der Waals surface area contributed by atoms with Gasteiger partial charge in [0.1, 0.15) is 0 Å². The summed E-state index contributed by atoms with van der Waals surface area (Å²) in [5.41, 5.74) is 15.3. The van der Waals surface area contributed by atoms with Crippen LogP contribution in [0.1, 0.15) is 62.8 Å². The van der Waals surface area contributed by atoms with E-state index in [0.29, 0.717) is 0 Å². The first-order valence-electron chi connectivity index (χ1n) is 15.9. The number of pyridine rings is 1. The smallest absolute Gasteiger partial charge is 0.490 e. The second-order valence-corrected chi connectivity index (χ2v) is 13.8. The fourth-order valence-electron chi connectivity index (χ4n) is 7.34. The third-order valence-electron chi connectivity index (χ3n) is 9.86. The number of rotatable bonds is 2. The minimum Gasteiger partial charge on any atom is -0.490 e. The summed E-state index contributed by atoms with van der Waals surface area (Å²) >= 11 is 0. The number of anilines is 6. The van der Waals surface area contributed by atoms with Crippen molar-refractivity contribution in [3.05, 3.63) is 132 Å². The summed E-state index contributed by atoms with van der Waals surface area (Å²) in [5, 5.41) is 0. The minimum atomic E-state index is 0. The van der Waals surface area contributed by atoms with Gasteiger partial charge in [-0.3, -0.25) is 0 Å². The standard InChI is InChI=1S/C30H33N3.C11H8N.Ir/c1-19-10-8-11-20(2)26(19)32-18-33-24-15-14-21-25(30(5,6)17-16-29(21,3)4)28(24)31(7)22-12-9-13-23(32)27(22)33;1-2-6-10(7-3-1)11-8-4-5-9-12-11;/h8-14,18H,16-17H2,1-7H3;1-6,8-9H;/q-2;-1;+3. The first kappa shape index (κ1) is 32.0. The maximum absolute atomic E-state index is 4.22. The van der Waals surface area contributed by atoms with Crippen LogP contribution in [0.15, 0.2) is 91.1 Å². The van der Waals surface area contributed by atoms with E-state index in [2.05, 4.69) is 130 Å².